The first kappa shape index (κ1) is 22.9. The number of ether oxygens (including phenoxy) is 2. The lowest BCUT2D eigenvalue weighted by Crippen LogP contribution is -2.09. The summed E-state index contributed by atoms with van der Waals surface area (Å²) in [5.41, 5.74) is 0.0676. The van der Waals surface area contributed by atoms with Crippen molar-refractivity contribution in [3.63, 3.8) is 0 Å². The van der Waals surface area contributed by atoms with Gasteiger partial charge in [0.15, 0.2) is 0 Å². The van der Waals surface area contributed by atoms with E-state index in [0.29, 0.717) is 13.0 Å². The molecule has 1 rings (SSSR count). The Morgan fingerprint density at radius 3 is 2.37 bits per heavy atom. The van der Waals surface area contributed by atoms with Crippen LogP contribution in [0.2, 0.25) is 5.02 Å². The summed E-state index contributed by atoms with van der Waals surface area (Å²) in [7, 11) is 0. The van der Waals surface area contributed by atoms with Gasteiger partial charge in [-0.1, -0.05) is 44.2 Å². The second kappa shape index (κ2) is 13.1. The van der Waals surface area contributed by atoms with Crippen LogP contribution < -0.4 is 0 Å². The standard InChI is InChI=1S/C19H26ClNO6/c1-2-3-4-5-6-12-26-18(22)8-7-9-19(23)27-14-15-10-11-16(20)13-17(15)21(24)25/h10-11,13H,2-9,12,14H2,1H3. The fourth-order valence-electron chi connectivity index (χ4n) is 2.40. The second-order valence-corrected chi connectivity index (χ2v) is 6.62. The van der Waals surface area contributed by atoms with Crippen LogP contribution in [0, 0.1) is 10.1 Å². The lowest BCUT2D eigenvalue weighted by atomic mass is 10.2. The molecule has 0 saturated heterocycles. The molecule has 0 atom stereocenters. The van der Waals surface area contributed by atoms with Crippen LogP contribution >= 0.6 is 11.6 Å². The Bertz CT molecular complexity index is 635. The predicted molar refractivity (Wildman–Crippen MR) is 101 cm³/mol. The maximum Gasteiger partial charge on any atom is 0.306 e. The first-order valence-electron chi connectivity index (χ1n) is 9.18. The molecule has 0 saturated carbocycles. The molecule has 0 bridgehead atoms. The third-order valence-corrected chi connectivity index (χ3v) is 4.14. The third kappa shape index (κ3) is 9.94. The number of carbonyl (C=O) groups is 2. The Morgan fingerprint density at radius 2 is 1.70 bits per heavy atom. The first-order valence-corrected chi connectivity index (χ1v) is 9.56. The number of nitrogens with zero attached hydrogens (tertiary/aromatic N) is 1. The molecule has 0 amide bonds. The van der Waals surface area contributed by atoms with Gasteiger partial charge in [-0.05, 0) is 25.0 Å². The van der Waals surface area contributed by atoms with E-state index in [1.165, 1.54) is 31.0 Å². The molecule has 0 radical (unpaired) electrons. The van der Waals surface area contributed by atoms with Gasteiger partial charge in [-0.15, -0.1) is 0 Å². The molecular formula is C19H26ClNO6. The SMILES string of the molecule is CCCCCCCOC(=O)CCCC(=O)OCc1ccc(Cl)cc1[N+](=O)[O-]. The van der Waals surface area contributed by atoms with Gasteiger partial charge in [0.05, 0.1) is 17.1 Å². The van der Waals surface area contributed by atoms with E-state index in [0.717, 1.165) is 19.3 Å². The first-order chi connectivity index (χ1) is 12.9. The van der Waals surface area contributed by atoms with Crippen molar-refractivity contribution in [2.75, 3.05) is 6.61 Å². The van der Waals surface area contributed by atoms with Gasteiger partial charge in [-0.2, -0.15) is 0 Å². The maximum atomic E-state index is 11.7. The van der Waals surface area contributed by atoms with Crippen LogP contribution in [0.4, 0.5) is 5.69 Å². The highest BCUT2D eigenvalue weighted by Gasteiger charge is 2.16. The molecule has 0 heterocycles. The molecule has 7 nitrogen and oxygen atoms in total. The fourth-order valence-corrected chi connectivity index (χ4v) is 2.57. The zero-order valence-corrected chi connectivity index (χ0v) is 16.3. The molecule has 0 aliphatic rings. The topological polar surface area (TPSA) is 95.7 Å². The van der Waals surface area contributed by atoms with Crippen molar-refractivity contribution >= 4 is 29.2 Å². The summed E-state index contributed by atoms with van der Waals surface area (Å²) in [4.78, 5) is 33.7. The summed E-state index contributed by atoms with van der Waals surface area (Å²) in [6, 6.07) is 4.16. The molecule has 1 aromatic rings. The van der Waals surface area contributed by atoms with Crippen LogP contribution in [-0.2, 0) is 25.7 Å². The summed E-state index contributed by atoms with van der Waals surface area (Å²) in [5, 5.41) is 11.2. The van der Waals surface area contributed by atoms with Crippen LogP contribution in [-0.4, -0.2) is 23.5 Å². The molecule has 1 aromatic carbocycles. The Hall–Kier alpha value is -2.15. The summed E-state index contributed by atoms with van der Waals surface area (Å²) >= 11 is 5.73. The van der Waals surface area contributed by atoms with E-state index in [1.54, 1.807) is 0 Å². The second-order valence-electron chi connectivity index (χ2n) is 6.18. The van der Waals surface area contributed by atoms with Crippen molar-refractivity contribution in [1.82, 2.24) is 0 Å². The fraction of sp³-hybridized carbons (Fsp3) is 0.579. The minimum Gasteiger partial charge on any atom is -0.466 e. The van der Waals surface area contributed by atoms with Crippen LogP contribution in [0.1, 0.15) is 63.9 Å². The van der Waals surface area contributed by atoms with Crippen molar-refractivity contribution in [2.24, 2.45) is 0 Å². The van der Waals surface area contributed by atoms with E-state index in [2.05, 4.69) is 6.92 Å². The number of benzene rings is 1. The van der Waals surface area contributed by atoms with Crippen LogP contribution in [0.3, 0.4) is 0 Å². The molecule has 150 valence electrons. The average molecular weight is 400 g/mol. The quantitative estimate of drug-likeness (QED) is 0.201. The van der Waals surface area contributed by atoms with E-state index >= 15 is 0 Å². The zero-order chi connectivity index (χ0) is 20.1. The van der Waals surface area contributed by atoms with Crippen molar-refractivity contribution in [3.05, 3.63) is 38.9 Å². The van der Waals surface area contributed by atoms with Gasteiger partial charge < -0.3 is 9.47 Å². The minimum atomic E-state index is -0.576. The van der Waals surface area contributed by atoms with Crippen molar-refractivity contribution in [2.45, 2.75) is 64.9 Å². The molecule has 0 N–H and O–H groups in total. The molecule has 0 aliphatic carbocycles. The van der Waals surface area contributed by atoms with Crippen molar-refractivity contribution < 1.29 is 24.0 Å². The molecule has 27 heavy (non-hydrogen) atoms. The number of rotatable bonds is 13. The van der Waals surface area contributed by atoms with E-state index in [4.69, 9.17) is 21.1 Å². The molecular weight excluding hydrogens is 374 g/mol. The molecule has 0 aromatic heterocycles. The number of carbonyl (C=O) groups excluding carboxylic acids is 2. The number of unbranched alkanes of at least 4 members (excludes halogenated alkanes) is 4. The van der Waals surface area contributed by atoms with E-state index in [9.17, 15) is 19.7 Å². The van der Waals surface area contributed by atoms with Crippen molar-refractivity contribution in [3.8, 4) is 0 Å². The molecule has 0 spiro atoms. The minimum absolute atomic E-state index is 0.0486. The van der Waals surface area contributed by atoms with Gasteiger partial charge in [0.1, 0.15) is 6.61 Å². The van der Waals surface area contributed by atoms with Crippen LogP contribution in [0.15, 0.2) is 18.2 Å². The summed E-state index contributed by atoms with van der Waals surface area (Å²) < 4.78 is 10.1. The Balaban J connectivity index is 2.21. The number of hydrogen-bond acceptors (Lipinski definition) is 6. The monoisotopic (exact) mass is 399 g/mol. The van der Waals surface area contributed by atoms with E-state index in [1.807, 2.05) is 0 Å². The van der Waals surface area contributed by atoms with Gasteiger partial charge in [0.25, 0.3) is 5.69 Å². The zero-order valence-electron chi connectivity index (χ0n) is 15.6. The van der Waals surface area contributed by atoms with Gasteiger partial charge in [-0.3, -0.25) is 19.7 Å². The van der Waals surface area contributed by atoms with Gasteiger partial charge >= 0.3 is 11.9 Å². The Morgan fingerprint density at radius 1 is 1.04 bits per heavy atom. The summed E-state index contributed by atoms with van der Waals surface area (Å²) in [6.45, 7) is 2.34. The molecule has 0 fully saturated rings. The van der Waals surface area contributed by atoms with Gasteiger partial charge in [0.2, 0.25) is 0 Å². The number of nitro benzene ring substituents is 1. The maximum absolute atomic E-state index is 11.7. The number of halogens is 1. The van der Waals surface area contributed by atoms with E-state index in [-0.39, 0.29) is 41.7 Å². The third-order valence-electron chi connectivity index (χ3n) is 3.91. The average Bonchev–Trinajstić information content (AvgIpc) is 2.63. The van der Waals surface area contributed by atoms with E-state index < -0.39 is 10.9 Å². The Kier molecular flexibility index (Phi) is 11.1. The Labute approximate surface area is 164 Å². The normalized spacial score (nSPS) is 10.4. The molecule has 0 unspecified atom stereocenters. The predicted octanol–water partition coefficient (Wildman–Crippen LogP) is 4.98. The summed E-state index contributed by atoms with van der Waals surface area (Å²) in [5.74, 6) is -0.849. The van der Waals surface area contributed by atoms with Gasteiger partial charge in [-0.25, -0.2) is 0 Å². The molecule has 8 heteroatoms. The highest BCUT2D eigenvalue weighted by atomic mass is 35.5. The number of esters is 2. The van der Waals surface area contributed by atoms with Crippen molar-refractivity contribution in [1.29, 1.82) is 0 Å². The highest BCUT2D eigenvalue weighted by Crippen LogP contribution is 2.24. The smallest absolute Gasteiger partial charge is 0.306 e. The number of nitro groups is 1. The van der Waals surface area contributed by atoms with Gasteiger partial charge in [0, 0.05) is 23.9 Å². The summed E-state index contributed by atoms with van der Waals surface area (Å²) in [6.07, 6.45) is 5.91. The molecule has 0 aliphatic heterocycles. The largest absolute Gasteiger partial charge is 0.466 e. The van der Waals surface area contributed by atoms with Crippen LogP contribution in [0.5, 0.6) is 0 Å². The highest BCUT2D eigenvalue weighted by molar-refractivity contribution is 6.30. The lowest BCUT2D eigenvalue weighted by molar-refractivity contribution is -0.385. The van der Waals surface area contributed by atoms with Crippen LogP contribution in [0.25, 0.3) is 0 Å². The number of hydrogen-bond donors (Lipinski definition) is 0. The lowest BCUT2D eigenvalue weighted by Gasteiger charge is -2.07.